The molecule has 2 aromatic carbocycles. The molecule has 4 rings (SSSR count). The fraction of sp³-hybridized carbons (Fsp3) is 0.438. The van der Waals surface area contributed by atoms with Gasteiger partial charge in [-0.15, -0.1) is 0 Å². The van der Waals surface area contributed by atoms with E-state index in [1.807, 2.05) is 12.1 Å². The highest BCUT2D eigenvalue weighted by molar-refractivity contribution is 6.00. The predicted molar refractivity (Wildman–Crippen MR) is 158 cm³/mol. The molecule has 2 aromatic rings. The van der Waals surface area contributed by atoms with E-state index in [9.17, 15) is 18.4 Å². The van der Waals surface area contributed by atoms with Gasteiger partial charge < -0.3 is 29.2 Å². The van der Waals surface area contributed by atoms with Crippen molar-refractivity contribution in [3.8, 4) is 11.5 Å². The summed E-state index contributed by atoms with van der Waals surface area (Å²) in [6.45, 7) is 6.49. The molecule has 1 saturated heterocycles. The van der Waals surface area contributed by atoms with Gasteiger partial charge in [-0.2, -0.15) is 8.78 Å². The highest BCUT2D eigenvalue weighted by Crippen LogP contribution is 2.43. The Kier molecular flexibility index (Phi) is 11.0. The first-order chi connectivity index (χ1) is 20.7. The first-order valence-corrected chi connectivity index (χ1v) is 14.4. The van der Waals surface area contributed by atoms with Crippen molar-refractivity contribution in [2.45, 2.75) is 39.7 Å². The zero-order valence-corrected chi connectivity index (χ0v) is 25.0. The van der Waals surface area contributed by atoms with Crippen LogP contribution in [0.5, 0.6) is 11.5 Å². The van der Waals surface area contributed by atoms with Crippen molar-refractivity contribution in [3.63, 3.8) is 0 Å². The number of halogens is 2. The van der Waals surface area contributed by atoms with E-state index in [4.69, 9.17) is 18.9 Å². The summed E-state index contributed by atoms with van der Waals surface area (Å²) in [5.41, 5.74) is 2.60. The van der Waals surface area contributed by atoms with Crippen LogP contribution in [0.2, 0.25) is 0 Å². The average Bonchev–Trinajstić information content (AvgIpc) is 2.99. The average molecular weight is 600 g/mol. The molecule has 9 nitrogen and oxygen atoms in total. The van der Waals surface area contributed by atoms with E-state index in [1.165, 1.54) is 6.07 Å². The van der Waals surface area contributed by atoms with Crippen LogP contribution in [0, 0.1) is 0 Å². The number of para-hydroxylation sites is 1. The van der Waals surface area contributed by atoms with Crippen molar-refractivity contribution in [1.82, 2.24) is 10.2 Å². The minimum absolute atomic E-state index is 0.106. The molecule has 0 aliphatic carbocycles. The molecule has 0 amide bonds. The van der Waals surface area contributed by atoms with Crippen LogP contribution in [0.1, 0.15) is 38.7 Å². The van der Waals surface area contributed by atoms with Gasteiger partial charge in [-0.25, -0.2) is 9.59 Å². The lowest BCUT2D eigenvalue weighted by Crippen LogP contribution is -2.46. The summed E-state index contributed by atoms with van der Waals surface area (Å²) in [4.78, 5) is 31.3. The lowest BCUT2D eigenvalue weighted by molar-refractivity contribution is -0.140. The number of hydrogen-bond acceptors (Lipinski definition) is 9. The van der Waals surface area contributed by atoms with Gasteiger partial charge in [0.1, 0.15) is 11.5 Å². The topological polar surface area (TPSA) is 89.6 Å². The molecule has 1 unspecified atom stereocenters. The van der Waals surface area contributed by atoms with Gasteiger partial charge in [0.05, 0.1) is 37.4 Å². The van der Waals surface area contributed by atoms with E-state index < -0.39 is 24.5 Å². The number of nitrogens with one attached hydrogen (secondary N) is 1. The van der Waals surface area contributed by atoms with Crippen molar-refractivity contribution < 1.29 is 37.3 Å². The van der Waals surface area contributed by atoms with Crippen LogP contribution in [0.15, 0.2) is 71.1 Å². The molecule has 43 heavy (non-hydrogen) atoms. The molecule has 232 valence electrons. The maximum atomic E-state index is 13.5. The van der Waals surface area contributed by atoms with Crippen molar-refractivity contribution in [2.24, 2.45) is 0 Å². The van der Waals surface area contributed by atoms with Gasteiger partial charge >= 0.3 is 18.6 Å². The first kappa shape index (κ1) is 31.8. The van der Waals surface area contributed by atoms with E-state index in [-0.39, 0.29) is 35.7 Å². The fourth-order valence-electron chi connectivity index (χ4n) is 5.53. The molecule has 1 N–H and O–H groups in total. The molecule has 2 aliphatic rings. The fourth-order valence-corrected chi connectivity index (χ4v) is 5.53. The number of esters is 2. The lowest BCUT2D eigenvalue weighted by atomic mass is 9.80. The Morgan fingerprint density at radius 2 is 1.56 bits per heavy atom. The quantitative estimate of drug-likeness (QED) is 0.272. The lowest BCUT2D eigenvalue weighted by Gasteiger charge is -2.36. The molecule has 2 heterocycles. The standard InChI is InChI=1S/C32H39F2N3O6/c1-5-41-30(38)27-21(2)35-22(3)28(29(27)25-9-6-7-10-26(25)43-32(33)34)31(39)42-20-8-15-36-16-18-37(19-17-36)23-11-13-24(40-4)14-12-23/h6-7,9-14,29,32,35H,5,8,15-20H2,1-4H3. The van der Waals surface area contributed by atoms with Crippen LogP contribution in [0.3, 0.4) is 0 Å². The first-order valence-electron chi connectivity index (χ1n) is 14.4. The molecule has 0 aromatic heterocycles. The van der Waals surface area contributed by atoms with Crippen molar-refractivity contribution >= 4 is 17.6 Å². The Labute approximate surface area is 251 Å². The molecule has 1 fully saturated rings. The predicted octanol–water partition coefficient (Wildman–Crippen LogP) is 4.85. The third-order valence-corrected chi connectivity index (χ3v) is 7.58. The van der Waals surface area contributed by atoms with Gasteiger partial charge in [0.2, 0.25) is 0 Å². The number of benzene rings is 2. The third-order valence-electron chi connectivity index (χ3n) is 7.58. The number of dihydropyridines is 1. The second-order valence-corrected chi connectivity index (χ2v) is 10.3. The minimum Gasteiger partial charge on any atom is -0.497 e. The Hall–Kier alpha value is -4.12. The smallest absolute Gasteiger partial charge is 0.387 e. The number of carbonyl (C=O) groups is 2. The molecule has 0 bridgehead atoms. The van der Waals surface area contributed by atoms with E-state index in [0.717, 1.165) is 44.2 Å². The molecule has 1 atom stereocenters. The van der Waals surface area contributed by atoms with Gasteiger partial charge in [0.25, 0.3) is 0 Å². The van der Waals surface area contributed by atoms with Crippen LogP contribution < -0.4 is 19.7 Å². The number of carbonyl (C=O) groups excluding carboxylic acids is 2. The van der Waals surface area contributed by atoms with Crippen LogP contribution >= 0.6 is 0 Å². The van der Waals surface area contributed by atoms with Gasteiger partial charge in [0.15, 0.2) is 0 Å². The highest BCUT2D eigenvalue weighted by atomic mass is 19.3. The van der Waals surface area contributed by atoms with E-state index in [2.05, 4.69) is 27.2 Å². The number of methoxy groups -OCH3 is 1. The van der Waals surface area contributed by atoms with Crippen LogP contribution in [-0.2, 0) is 19.1 Å². The molecule has 0 radical (unpaired) electrons. The van der Waals surface area contributed by atoms with E-state index in [1.54, 1.807) is 46.1 Å². The maximum Gasteiger partial charge on any atom is 0.387 e. The minimum atomic E-state index is -3.09. The zero-order chi connectivity index (χ0) is 30.9. The second kappa shape index (κ2) is 14.9. The number of rotatable bonds is 12. The van der Waals surface area contributed by atoms with Gasteiger partial charge in [-0.3, -0.25) is 4.90 Å². The third kappa shape index (κ3) is 7.84. The summed E-state index contributed by atoms with van der Waals surface area (Å²) < 4.78 is 47.6. The molecular weight excluding hydrogens is 560 g/mol. The summed E-state index contributed by atoms with van der Waals surface area (Å²) in [6.07, 6.45) is 0.614. The summed E-state index contributed by atoms with van der Waals surface area (Å²) in [5, 5.41) is 3.07. The summed E-state index contributed by atoms with van der Waals surface area (Å²) in [7, 11) is 1.65. The Morgan fingerprint density at radius 1 is 0.930 bits per heavy atom. The molecule has 11 heteroatoms. The van der Waals surface area contributed by atoms with E-state index >= 15 is 0 Å². The zero-order valence-electron chi connectivity index (χ0n) is 25.0. The Bertz CT molecular complexity index is 1340. The number of nitrogens with zero attached hydrogens (tertiary/aromatic N) is 2. The molecule has 0 spiro atoms. The summed E-state index contributed by atoms with van der Waals surface area (Å²) in [5.74, 6) is -1.62. The Morgan fingerprint density at radius 3 is 2.16 bits per heavy atom. The van der Waals surface area contributed by atoms with Crippen LogP contribution in [0.4, 0.5) is 14.5 Å². The van der Waals surface area contributed by atoms with Crippen LogP contribution in [0.25, 0.3) is 0 Å². The summed E-state index contributed by atoms with van der Waals surface area (Å²) >= 11 is 0. The largest absolute Gasteiger partial charge is 0.497 e. The second-order valence-electron chi connectivity index (χ2n) is 10.3. The SMILES string of the molecule is CCOC(=O)C1=C(C)NC(C)=C(C(=O)OCCCN2CCN(c3ccc(OC)cc3)CC2)C1c1ccccc1OC(F)F. The van der Waals surface area contributed by atoms with Crippen LogP contribution in [-0.4, -0.2) is 76.5 Å². The normalized spacial score (nSPS) is 17.6. The Balaban J connectivity index is 1.41. The number of piperazine rings is 1. The summed E-state index contributed by atoms with van der Waals surface area (Å²) in [6, 6.07) is 14.2. The van der Waals surface area contributed by atoms with Gasteiger partial charge in [-0.05, 0) is 57.5 Å². The van der Waals surface area contributed by atoms with Gasteiger partial charge in [0, 0.05) is 55.4 Å². The number of hydrogen-bond donors (Lipinski definition) is 1. The molecular formula is C32H39F2N3O6. The number of ether oxygens (including phenoxy) is 4. The maximum absolute atomic E-state index is 13.5. The van der Waals surface area contributed by atoms with E-state index in [0.29, 0.717) is 17.8 Å². The molecule has 2 aliphatic heterocycles. The van der Waals surface area contributed by atoms with Crippen molar-refractivity contribution in [3.05, 3.63) is 76.6 Å². The monoisotopic (exact) mass is 599 g/mol. The number of alkyl halides is 2. The molecule has 0 saturated carbocycles. The number of allylic oxidation sites excluding steroid dienone is 2. The number of anilines is 1. The van der Waals surface area contributed by atoms with Gasteiger partial charge in [-0.1, -0.05) is 18.2 Å². The van der Waals surface area contributed by atoms with Crippen molar-refractivity contribution in [1.29, 1.82) is 0 Å². The van der Waals surface area contributed by atoms with Crippen molar-refractivity contribution in [2.75, 3.05) is 57.9 Å². The highest BCUT2D eigenvalue weighted by Gasteiger charge is 2.39.